The minimum Gasteiger partial charge on any atom is -0.339 e. The molecule has 4 nitrogen and oxygen atoms in total. The summed E-state index contributed by atoms with van der Waals surface area (Å²) in [5, 5.41) is 6.55. The Labute approximate surface area is 144 Å². The smallest absolute Gasteiger partial charge is 0.229 e. The number of hydrogen-bond donors (Lipinski definition) is 2. The lowest BCUT2D eigenvalue weighted by Gasteiger charge is -2.11. The molecule has 0 aliphatic carbocycles. The van der Waals surface area contributed by atoms with E-state index in [2.05, 4.69) is 55.6 Å². The molecule has 0 fully saturated rings. The highest BCUT2D eigenvalue weighted by molar-refractivity contribution is 9.10. The van der Waals surface area contributed by atoms with Crippen LogP contribution in [0, 0.1) is 13.8 Å². The maximum Gasteiger partial charge on any atom is 0.229 e. The Morgan fingerprint density at radius 3 is 2.52 bits per heavy atom. The van der Waals surface area contributed by atoms with Gasteiger partial charge in [0.15, 0.2) is 0 Å². The van der Waals surface area contributed by atoms with Crippen molar-refractivity contribution < 1.29 is 0 Å². The predicted octanol–water partition coefficient (Wildman–Crippen LogP) is 5.34. The predicted molar refractivity (Wildman–Crippen MR) is 98.7 cm³/mol. The number of halogens is 1. The number of para-hydroxylation sites is 1. The van der Waals surface area contributed by atoms with Gasteiger partial charge in [-0.15, -0.1) is 0 Å². The van der Waals surface area contributed by atoms with E-state index in [-0.39, 0.29) is 0 Å². The monoisotopic (exact) mass is 368 g/mol. The summed E-state index contributed by atoms with van der Waals surface area (Å²) in [6.07, 6.45) is 1.73. The van der Waals surface area contributed by atoms with Crippen LogP contribution >= 0.6 is 15.9 Å². The Bertz CT molecular complexity index is 833. The largest absolute Gasteiger partial charge is 0.339 e. The van der Waals surface area contributed by atoms with Crippen molar-refractivity contribution in [3.63, 3.8) is 0 Å². The van der Waals surface area contributed by atoms with E-state index in [0.717, 1.165) is 27.2 Å². The number of nitrogens with one attached hydrogen (secondary N) is 2. The minimum absolute atomic E-state index is 0.563. The number of nitrogens with zero attached hydrogens (tertiary/aromatic N) is 2. The molecule has 0 amide bonds. The average molecular weight is 369 g/mol. The maximum atomic E-state index is 4.51. The van der Waals surface area contributed by atoms with Gasteiger partial charge in [0.2, 0.25) is 5.95 Å². The fourth-order valence-corrected chi connectivity index (χ4v) is 2.77. The van der Waals surface area contributed by atoms with Gasteiger partial charge < -0.3 is 10.6 Å². The first kappa shape index (κ1) is 15.5. The second-order valence-corrected chi connectivity index (χ2v) is 6.17. The van der Waals surface area contributed by atoms with Crippen molar-refractivity contribution in [1.82, 2.24) is 9.97 Å². The molecule has 2 N–H and O–H groups in total. The van der Waals surface area contributed by atoms with Gasteiger partial charge in [-0.05, 0) is 65.2 Å². The summed E-state index contributed by atoms with van der Waals surface area (Å²) in [4.78, 5) is 8.79. The summed E-state index contributed by atoms with van der Waals surface area (Å²) in [7, 11) is 0. The summed E-state index contributed by atoms with van der Waals surface area (Å²) < 4.78 is 1.00. The van der Waals surface area contributed by atoms with Crippen molar-refractivity contribution in [1.29, 1.82) is 0 Å². The third-order valence-corrected chi connectivity index (χ3v) is 4.09. The fourth-order valence-electron chi connectivity index (χ4n) is 2.18. The molecule has 0 aliphatic heterocycles. The normalized spacial score (nSPS) is 10.4. The molecular formula is C18H17BrN4. The number of aromatic nitrogens is 2. The number of anilines is 4. The number of hydrogen-bond acceptors (Lipinski definition) is 4. The van der Waals surface area contributed by atoms with Crippen LogP contribution in [0.1, 0.15) is 11.1 Å². The van der Waals surface area contributed by atoms with E-state index >= 15 is 0 Å². The van der Waals surface area contributed by atoms with Gasteiger partial charge in [0.25, 0.3) is 0 Å². The second kappa shape index (κ2) is 6.79. The van der Waals surface area contributed by atoms with Crippen molar-refractivity contribution in [2.75, 3.05) is 10.6 Å². The first-order valence-electron chi connectivity index (χ1n) is 7.31. The molecule has 0 saturated carbocycles. The summed E-state index contributed by atoms with van der Waals surface area (Å²) in [5.74, 6) is 1.30. The maximum absolute atomic E-state index is 4.51. The van der Waals surface area contributed by atoms with Crippen LogP contribution in [-0.4, -0.2) is 9.97 Å². The lowest BCUT2D eigenvalue weighted by molar-refractivity contribution is 1.16. The Morgan fingerprint density at radius 1 is 0.913 bits per heavy atom. The standard InChI is InChI=1S/C18H17BrN4/c1-12-7-8-16(14(19)11-12)21-17-9-10-20-18(23-17)22-15-6-4-3-5-13(15)2/h3-11H,1-2H3,(H2,20,21,22,23). The van der Waals surface area contributed by atoms with E-state index in [9.17, 15) is 0 Å². The highest BCUT2D eigenvalue weighted by atomic mass is 79.9. The zero-order valence-electron chi connectivity index (χ0n) is 13.0. The zero-order chi connectivity index (χ0) is 16.2. The van der Waals surface area contributed by atoms with Crippen molar-refractivity contribution in [2.45, 2.75) is 13.8 Å². The molecule has 2 aromatic carbocycles. The van der Waals surface area contributed by atoms with Crippen LogP contribution in [-0.2, 0) is 0 Å². The highest BCUT2D eigenvalue weighted by Gasteiger charge is 2.04. The molecule has 0 aliphatic rings. The molecular weight excluding hydrogens is 352 g/mol. The number of aryl methyl sites for hydroxylation is 2. The van der Waals surface area contributed by atoms with Gasteiger partial charge in [-0.2, -0.15) is 4.98 Å². The van der Waals surface area contributed by atoms with Crippen LogP contribution in [0.3, 0.4) is 0 Å². The molecule has 116 valence electrons. The van der Waals surface area contributed by atoms with E-state index in [4.69, 9.17) is 0 Å². The molecule has 5 heteroatoms. The van der Waals surface area contributed by atoms with Gasteiger partial charge >= 0.3 is 0 Å². The van der Waals surface area contributed by atoms with Crippen LogP contribution < -0.4 is 10.6 Å². The van der Waals surface area contributed by atoms with Crippen LogP contribution in [0.2, 0.25) is 0 Å². The molecule has 23 heavy (non-hydrogen) atoms. The SMILES string of the molecule is Cc1ccc(Nc2ccnc(Nc3ccccc3C)n2)c(Br)c1. The van der Waals surface area contributed by atoms with Gasteiger partial charge in [-0.25, -0.2) is 4.98 Å². The van der Waals surface area contributed by atoms with Crippen molar-refractivity contribution in [3.8, 4) is 0 Å². The number of benzene rings is 2. The quantitative estimate of drug-likeness (QED) is 0.652. The summed E-state index contributed by atoms with van der Waals surface area (Å²) in [5.41, 5.74) is 4.32. The molecule has 3 aromatic rings. The third kappa shape index (κ3) is 3.87. The van der Waals surface area contributed by atoms with Gasteiger partial charge in [-0.3, -0.25) is 0 Å². The topological polar surface area (TPSA) is 49.8 Å². The van der Waals surface area contributed by atoms with Gasteiger partial charge in [0.05, 0.1) is 5.69 Å². The second-order valence-electron chi connectivity index (χ2n) is 5.31. The first-order valence-corrected chi connectivity index (χ1v) is 8.10. The van der Waals surface area contributed by atoms with Crippen LogP contribution in [0.15, 0.2) is 59.2 Å². The Hall–Kier alpha value is -2.40. The molecule has 1 aromatic heterocycles. The van der Waals surface area contributed by atoms with E-state index in [1.54, 1.807) is 6.20 Å². The summed E-state index contributed by atoms with van der Waals surface area (Å²) in [6.45, 7) is 4.11. The molecule has 1 heterocycles. The van der Waals surface area contributed by atoms with Crippen molar-refractivity contribution in [2.24, 2.45) is 0 Å². The van der Waals surface area contributed by atoms with E-state index in [0.29, 0.717) is 5.95 Å². The lowest BCUT2D eigenvalue weighted by atomic mass is 10.2. The highest BCUT2D eigenvalue weighted by Crippen LogP contribution is 2.26. The Balaban J connectivity index is 1.81. The molecule has 0 spiro atoms. The fraction of sp³-hybridized carbons (Fsp3) is 0.111. The summed E-state index contributed by atoms with van der Waals surface area (Å²) >= 11 is 3.56. The Kier molecular flexibility index (Phi) is 4.57. The van der Waals surface area contributed by atoms with Crippen molar-refractivity contribution >= 4 is 39.1 Å². The molecule has 0 unspecified atom stereocenters. The molecule has 3 rings (SSSR count). The third-order valence-electron chi connectivity index (χ3n) is 3.43. The molecule has 0 bridgehead atoms. The zero-order valence-corrected chi connectivity index (χ0v) is 14.6. The van der Waals surface area contributed by atoms with E-state index < -0.39 is 0 Å². The van der Waals surface area contributed by atoms with Crippen LogP contribution in [0.4, 0.5) is 23.1 Å². The molecule has 0 radical (unpaired) electrons. The molecule has 0 saturated heterocycles. The molecule has 0 atom stereocenters. The number of rotatable bonds is 4. The van der Waals surface area contributed by atoms with Crippen LogP contribution in [0.5, 0.6) is 0 Å². The van der Waals surface area contributed by atoms with Gasteiger partial charge in [0.1, 0.15) is 5.82 Å². The van der Waals surface area contributed by atoms with Crippen LogP contribution in [0.25, 0.3) is 0 Å². The van der Waals surface area contributed by atoms with Gasteiger partial charge in [-0.1, -0.05) is 24.3 Å². The Morgan fingerprint density at radius 2 is 1.74 bits per heavy atom. The lowest BCUT2D eigenvalue weighted by Crippen LogP contribution is -2.01. The van der Waals surface area contributed by atoms with E-state index in [1.807, 2.05) is 43.3 Å². The first-order chi connectivity index (χ1) is 11.1. The van der Waals surface area contributed by atoms with Crippen molar-refractivity contribution in [3.05, 3.63) is 70.3 Å². The summed E-state index contributed by atoms with van der Waals surface area (Å²) in [6, 6.07) is 16.0. The van der Waals surface area contributed by atoms with E-state index in [1.165, 1.54) is 5.56 Å². The van der Waals surface area contributed by atoms with Gasteiger partial charge in [0, 0.05) is 16.4 Å². The minimum atomic E-state index is 0.563. The average Bonchev–Trinajstić information content (AvgIpc) is 2.53.